The van der Waals surface area contributed by atoms with Crippen molar-refractivity contribution in [2.24, 2.45) is 5.41 Å². The van der Waals surface area contributed by atoms with Gasteiger partial charge in [-0.1, -0.05) is 39.0 Å². The molecular formula is C21H27NO3. The number of carbonyl (C=O) groups excluding carboxylic acids is 2. The van der Waals surface area contributed by atoms with E-state index in [0.717, 1.165) is 35.4 Å². The maximum absolute atomic E-state index is 12.9. The first-order chi connectivity index (χ1) is 11.8. The van der Waals surface area contributed by atoms with Gasteiger partial charge in [0.2, 0.25) is 5.91 Å². The molecular weight excluding hydrogens is 314 g/mol. The summed E-state index contributed by atoms with van der Waals surface area (Å²) in [6.45, 7) is 8.26. The molecule has 0 spiro atoms. The van der Waals surface area contributed by atoms with E-state index in [2.05, 4.69) is 26.1 Å². The van der Waals surface area contributed by atoms with E-state index < -0.39 is 0 Å². The normalized spacial score (nSPS) is 23.8. The highest BCUT2D eigenvalue weighted by molar-refractivity contribution is 6.02. The topological polar surface area (TPSA) is 55.4 Å². The summed E-state index contributed by atoms with van der Waals surface area (Å²) in [5.41, 5.74) is 2.41. The molecule has 0 bridgehead atoms. The Balaban J connectivity index is 2.05. The van der Waals surface area contributed by atoms with Gasteiger partial charge in [-0.25, -0.2) is 0 Å². The van der Waals surface area contributed by atoms with Crippen molar-refractivity contribution in [1.82, 2.24) is 5.32 Å². The molecule has 3 rings (SSSR count). The molecule has 0 saturated heterocycles. The van der Waals surface area contributed by atoms with Gasteiger partial charge in [-0.05, 0) is 31.2 Å². The number of nitrogens with one attached hydrogen (secondary N) is 1. The third-order valence-electron chi connectivity index (χ3n) is 5.15. The lowest BCUT2D eigenvalue weighted by Gasteiger charge is -2.38. The molecule has 1 aromatic rings. The van der Waals surface area contributed by atoms with Gasteiger partial charge in [-0.2, -0.15) is 0 Å². The number of para-hydroxylation sites is 1. The zero-order chi connectivity index (χ0) is 18.2. The van der Waals surface area contributed by atoms with Gasteiger partial charge in [0.25, 0.3) is 0 Å². The lowest BCUT2D eigenvalue weighted by Crippen LogP contribution is -2.40. The van der Waals surface area contributed by atoms with Gasteiger partial charge < -0.3 is 10.1 Å². The number of benzene rings is 1. The Labute approximate surface area is 149 Å². The fourth-order valence-electron chi connectivity index (χ4n) is 3.80. The zero-order valence-electron chi connectivity index (χ0n) is 15.5. The van der Waals surface area contributed by atoms with E-state index in [4.69, 9.17) is 4.74 Å². The number of hydrogen-bond donors (Lipinski definition) is 1. The molecule has 0 radical (unpaired) electrons. The third kappa shape index (κ3) is 3.63. The van der Waals surface area contributed by atoms with Crippen molar-refractivity contribution in [3.8, 4) is 5.75 Å². The predicted molar refractivity (Wildman–Crippen MR) is 97.4 cm³/mol. The molecule has 0 aromatic heterocycles. The van der Waals surface area contributed by atoms with Gasteiger partial charge >= 0.3 is 0 Å². The molecule has 1 aliphatic heterocycles. The van der Waals surface area contributed by atoms with Crippen molar-refractivity contribution >= 4 is 11.7 Å². The molecule has 1 aliphatic carbocycles. The Hall–Kier alpha value is -2.10. The number of hydrogen-bond acceptors (Lipinski definition) is 3. The summed E-state index contributed by atoms with van der Waals surface area (Å²) >= 11 is 0. The smallest absolute Gasteiger partial charge is 0.225 e. The standard InChI is InChI=1S/C21H27NO3/c1-5-13(2)25-18-9-7-6-8-14(18)15-10-19(24)22-16-11-21(3,4)12-17(23)20(15)16/h6-9,13,15H,5,10-12H2,1-4H3,(H,22,24)/t13-,15+/m0/s1. The van der Waals surface area contributed by atoms with E-state index in [1.165, 1.54) is 0 Å². The summed E-state index contributed by atoms with van der Waals surface area (Å²) in [7, 11) is 0. The highest BCUT2D eigenvalue weighted by Gasteiger charge is 2.41. The van der Waals surface area contributed by atoms with E-state index >= 15 is 0 Å². The van der Waals surface area contributed by atoms with Crippen molar-refractivity contribution < 1.29 is 14.3 Å². The minimum Gasteiger partial charge on any atom is -0.490 e. The second kappa shape index (κ2) is 6.66. The largest absolute Gasteiger partial charge is 0.490 e. The first-order valence-corrected chi connectivity index (χ1v) is 9.12. The van der Waals surface area contributed by atoms with Crippen LogP contribution in [0.25, 0.3) is 0 Å². The van der Waals surface area contributed by atoms with E-state index in [1.807, 2.05) is 31.2 Å². The molecule has 0 fully saturated rings. The van der Waals surface area contributed by atoms with Crippen LogP contribution in [0.1, 0.15) is 64.9 Å². The van der Waals surface area contributed by atoms with E-state index in [9.17, 15) is 9.59 Å². The molecule has 1 amide bonds. The SMILES string of the molecule is CC[C@H](C)Oc1ccccc1[C@H]1CC(=O)NC2=C1C(=O)CC(C)(C)C2. The second-order valence-corrected chi connectivity index (χ2v) is 8.01. The van der Waals surface area contributed by atoms with Crippen LogP contribution in [0.5, 0.6) is 5.75 Å². The van der Waals surface area contributed by atoms with Crippen LogP contribution in [0.4, 0.5) is 0 Å². The van der Waals surface area contributed by atoms with Gasteiger partial charge in [0.05, 0.1) is 6.10 Å². The van der Waals surface area contributed by atoms with E-state index in [0.29, 0.717) is 12.8 Å². The van der Waals surface area contributed by atoms with Crippen LogP contribution in [-0.2, 0) is 9.59 Å². The van der Waals surface area contributed by atoms with Crippen LogP contribution in [0, 0.1) is 5.41 Å². The molecule has 4 nitrogen and oxygen atoms in total. The minimum absolute atomic E-state index is 0.0207. The molecule has 2 atom stereocenters. The Morgan fingerprint density at radius 1 is 1.24 bits per heavy atom. The quantitative estimate of drug-likeness (QED) is 0.896. The number of carbonyl (C=O) groups is 2. The Morgan fingerprint density at radius 3 is 2.68 bits per heavy atom. The Morgan fingerprint density at radius 2 is 1.96 bits per heavy atom. The highest BCUT2D eigenvalue weighted by Crippen LogP contribution is 2.45. The zero-order valence-corrected chi connectivity index (χ0v) is 15.5. The average Bonchev–Trinajstić information content (AvgIpc) is 2.52. The molecule has 1 heterocycles. The van der Waals surface area contributed by atoms with Crippen molar-refractivity contribution in [3.63, 3.8) is 0 Å². The van der Waals surface area contributed by atoms with Crippen LogP contribution in [0.15, 0.2) is 35.5 Å². The maximum Gasteiger partial charge on any atom is 0.225 e. The van der Waals surface area contributed by atoms with Crippen molar-refractivity contribution in [2.45, 2.75) is 65.4 Å². The number of ketones is 1. The molecule has 0 unspecified atom stereocenters. The summed E-state index contributed by atoms with van der Waals surface area (Å²) in [4.78, 5) is 25.2. The third-order valence-corrected chi connectivity index (χ3v) is 5.15. The van der Waals surface area contributed by atoms with E-state index in [1.54, 1.807) is 0 Å². The first kappa shape index (κ1) is 17.7. The van der Waals surface area contributed by atoms with Crippen LogP contribution in [0.3, 0.4) is 0 Å². The lowest BCUT2D eigenvalue weighted by atomic mass is 9.70. The van der Waals surface area contributed by atoms with Crippen LogP contribution < -0.4 is 10.1 Å². The van der Waals surface area contributed by atoms with Crippen molar-refractivity contribution in [1.29, 1.82) is 0 Å². The minimum atomic E-state index is -0.215. The molecule has 1 aromatic carbocycles. The monoisotopic (exact) mass is 341 g/mol. The van der Waals surface area contributed by atoms with Crippen LogP contribution in [-0.4, -0.2) is 17.8 Å². The second-order valence-electron chi connectivity index (χ2n) is 8.01. The number of amides is 1. The van der Waals surface area contributed by atoms with Gasteiger partial charge in [0.15, 0.2) is 5.78 Å². The van der Waals surface area contributed by atoms with Crippen molar-refractivity contribution in [3.05, 3.63) is 41.1 Å². The molecule has 134 valence electrons. The fourth-order valence-corrected chi connectivity index (χ4v) is 3.80. The number of ether oxygens (including phenoxy) is 1. The van der Waals surface area contributed by atoms with Crippen molar-refractivity contribution in [2.75, 3.05) is 0 Å². The number of allylic oxidation sites excluding steroid dienone is 2. The van der Waals surface area contributed by atoms with Crippen LogP contribution in [0.2, 0.25) is 0 Å². The van der Waals surface area contributed by atoms with Gasteiger partial charge in [-0.3, -0.25) is 9.59 Å². The van der Waals surface area contributed by atoms with Gasteiger partial charge in [0.1, 0.15) is 5.75 Å². The summed E-state index contributed by atoms with van der Waals surface area (Å²) in [6.07, 6.45) is 2.54. The summed E-state index contributed by atoms with van der Waals surface area (Å²) in [6, 6.07) is 7.80. The summed E-state index contributed by atoms with van der Waals surface area (Å²) in [5.74, 6) is 0.691. The predicted octanol–water partition coefficient (Wildman–Crippen LogP) is 4.11. The fraction of sp³-hybridized carbons (Fsp3) is 0.524. The average molecular weight is 341 g/mol. The summed E-state index contributed by atoms with van der Waals surface area (Å²) < 4.78 is 6.07. The lowest BCUT2D eigenvalue weighted by molar-refractivity contribution is -0.122. The number of rotatable bonds is 4. The Bertz CT molecular complexity index is 732. The Kier molecular flexibility index (Phi) is 4.72. The van der Waals surface area contributed by atoms with E-state index in [-0.39, 0.29) is 29.1 Å². The highest BCUT2D eigenvalue weighted by atomic mass is 16.5. The summed E-state index contributed by atoms with van der Waals surface area (Å²) in [5, 5.41) is 2.95. The van der Waals surface area contributed by atoms with Gasteiger partial charge in [0, 0.05) is 35.6 Å². The molecule has 2 aliphatic rings. The number of Topliss-reactive ketones (excluding diaryl/α,β-unsaturated/α-hetero) is 1. The maximum atomic E-state index is 12.9. The van der Waals surface area contributed by atoms with Crippen LogP contribution >= 0.6 is 0 Å². The van der Waals surface area contributed by atoms with Gasteiger partial charge in [-0.15, -0.1) is 0 Å². The molecule has 25 heavy (non-hydrogen) atoms. The molecule has 1 N–H and O–H groups in total. The molecule has 4 heteroatoms. The first-order valence-electron chi connectivity index (χ1n) is 9.12. The molecule has 0 saturated carbocycles.